The minimum Gasteiger partial charge on any atom is -0.368 e. The second-order valence-electron chi connectivity index (χ2n) is 6.83. The molecule has 0 aliphatic carbocycles. The number of benzene rings is 2. The van der Waals surface area contributed by atoms with Crippen molar-refractivity contribution in [3.8, 4) is 0 Å². The summed E-state index contributed by atoms with van der Waals surface area (Å²) in [5.41, 5.74) is 9.21. The maximum Gasteiger partial charge on any atom is 0.222 e. The Morgan fingerprint density at radius 1 is 1.11 bits per heavy atom. The summed E-state index contributed by atoms with van der Waals surface area (Å²) in [7, 11) is 0. The molecule has 1 unspecified atom stereocenters. The maximum absolute atomic E-state index is 6.08. The zero-order chi connectivity index (χ0) is 18.8. The molecule has 4 rings (SSSR count). The molecule has 0 bridgehead atoms. The van der Waals surface area contributed by atoms with E-state index < -0.39 is 0 Å². The van der Waals surface area contributed by atoms with Crippen molar-refractivity contribution in [2.45, 2.75) is 26.1 Å². The van der Waals surface area contributed by atoms with Crippen LogP contribution < -0.4 is 16.0 Å². The molecule has 6 nitrogen and oxygen atoms in total. The first-order valence-electron chi connectivity index (χ1n) is 9.15. The Labute approximate surface area is 164 Å². The van der Waals surface area contributed by atoms with Crippen molar-refractivity contribution >= 4 is 34.9 Å². The van der Waals surface area contributed by atoms with Crippen molar-refractivity contribution in [1.29, 1.82) is 0 Å². The molecule has 0 radical (unpaired) electrons. The molecule has 1 saturated heterocycles. The van der Waals surface area contributed by atoms with Crippen LogP contribution in [0, 0.1) is 6.92 Å². The van der Waals surface area contributed by atoms with Gasteiger partial charge in [-0.2, -0.15) is 4.99 Å². The van der Waals surface area contributed by atoms with E-state index in [9.17, 15) is 0 Å². The molecule has 0 amide bonds. The minimum atomic E-state index is -0.388. The molecule has 2 aromatic rings. The summed E-state index contributed by atoms with van der Waals surface area (Å²) in [6.07, 6.45) is 1.93. The largest absolute Gasteiger partial charge is 0.368 e. The molecule has 1 atom stereocenters. The Hall–Kier alpha value is -2.73. The van der Waals surface area contributed by atoms with Crippen LogP contribution in [0.2, 0.25) is 5.02 Å². The van der Waals surface area contributed by atoms with Gasteiger partial charge in [0.2, 0.25) is 18.2 Å². The summed E-state index contributed by atoms with van der Waals surface area (Å²) in [5.74, 6) is 1.13. The SMILES string of the molecule is Cc1cccc(N2C(N3CCCC3)=NC(N)=NC2Nc2ccc(Cl)cc2)c1. The second kappa shape index (κ2) is 7.48. The van der Waals surface area contributed by atoms with Gasteiger partial charge in [-0.25, -0.2) is 4.99 Å². The van der Waals surface area contributed by atoms with Crippen molar-refractivity contribution in [2.24, 2.45) is 15.7 Å². The molecule has 2 heterocycles. The van der Waals surface area contributed by atoms with Crippen molar-refractivity contribution in [3.05, 3.63) is 59.1 Å². The van der Waals surface area contributed by atoms with Crippen LogP contribution in [0.4, 0.5) is 11.4 Å². The fourth-order valence-corrected chi connectivity index (χ4v) is 3.57. The highest BCUT2D eigenvalue weighted by Crippen LogP contribution is 2.26. The van der Waals surface area contributed by atoms with E-state index in [1.807, 2.05) is 30.3 Å². The first-order chi connectivity index (χ1) is 13.1. The normalized spacial score (nSPS) is 19.7. The molecule has 2 aliphatic heterocycles. The number of halogens is 1. The van der Waals surface area contributed by atoms with Crippen LogP contribution >= 0.6 is 11.6 Å². The summed E-state index contributed by atoms with van der Waals surface area (Å²) in [4.78, 5) is 13.6. The summed E-state index contributed by atoms with van der Waals surface area (Å²) in [6, 6.07) is 15.9. The van der Waals surface area contributed by atoms with Gasteiger partial charge in [0.25, 0.3) is 0 Å². The van der Waals surface area contributed by atoms with Gasteiger partial charge in [-0.3, -0.25) is 4.90 Å². The number of aryl methyl sites for hydroxylation is 1. The van der Waals surface area contributed by atoms with Gasteiger partial charge < -0.3 is 16.0 Å². The van der Waals surface area contributed by atoms with Gasteiger partial charge in [0.1, 0.15) is 0 Å². The number of nitrogens with two attached hydrogens (primary N) is 1. The van der Waals surface area contributed by atoms with E-state index in [1.165, 1.54) is 5.56 Å². The third-order valence-corrected chi connectivity index (χ3v) is 4.99. The molecular formula is C20H23ClN6. The molecule has 0 spiro atoms. The summed E-state index contributed by atoms with van der Waals surface area (Å²) in [5, 5.41) is 4.15. The number of nitrogens with one attached hydrogen (secondary N) is 1. The molecular weight excluding hydrogens is 360 g/mol. The zero-order valence-corrected chi connectivity index (χ0v) is 16.0. The average molecular weight is 383 g/mol. The summed E-state index contributed by atoms with van der Waals surface area (Å²) in [6.45, 7) is 4.03. The van der Waals surface area contributed by atoms with Gasteiger partial charge in [-0.05, 0) is 61.7 Å². The highest BCUT2D eigenvalue weighted by molar-refractivity contribution is 6.30. The number of anilines is 2. The number of aliphatic imine (C=N–C) groups is 2. The Morgan fingerprint density at radius 3 is 2.56 bits per heavy atom. The van der Waals surface area contributed by atoms with Crippen LogP contribution in [0.15, 0.2) is 58.5 Å². The fourth-order valence-electron chi connectivity index (χ4n) is 3.44. The predicted molar refractivity (Wildman–Crippen MR) is 112 cm³/mol. The number of hydrogen-bond acceptors (Lipinski definition) is 6. The number of rotatable bonds is 3. The maximum atomic E-state index is 6.08. The van der Waals surface area contributed by atoms with Crippen LogP contribution in [-0.2, 0) is 0 Å². The second-order valence-corrected chi connectivity index (χ2v) is 7.26. The first kappa shape index (κ1) is 17.7. The van der Waals surface area contributed by atoms with E-state index in [0.29, 0.717) is 5.02 Å². The topological polar surface area (TPSA) is 69.2 Å². The molecule has 7 heteroatoms. The van der Waals surface area contributed by atoms with Crippen molar-refractivity contribution in [2.75, 3.05) is 23.3 Å². The fraction of sp³-hybridized carbons (Fsp3) is 0.300. The molecule has 2 aliphatic rings. The van der Waals surface area contributed by atoms with Gasteiger partial charge in [0.05, 0.1) is 0 Å². The Bertz CT molecular complexity index is 870. The Balaban J connectivity index is 1.72. The monoisotopic (exact) mass is 382 g/mol. The third-order valence-electron chi connectivity index (χ3n) is 4.74. The van der Waals surface area contributed by atoms with Crippen LogP contribution in [0.5, 0.6) is 0 Å². The molecule has 1 fully saturated rings. The van der Waals surface area contributed by atoms with Crippen molar-refractivity contribution < 1.29 is 0 Å². The number of nitrogens with zero attached hydrogens (tertiary/aromatic N) is 4. The molecule has 0 aromatic heterocycles. The lowest BCUT2D eigenvalue weighted by Gasteiger charge is -2.38. The highest BCUT2D eigenvalue weighted by Gasteiger charge is 2.32. The lowest BCUT2D eigenvalue weighted by atomic mass is 10.2. The van der Waals surface area contributed by atoms with E-state index in [2.05, 4.69) is 50.2 Å². The molecule has 140 valence electrons. The third kappa shape index (κ3) is 3.85. The van der Waals surface area contributed by atoms with Gasteiger partial charge in [-0.15, -0.1) is 0 Å². The van der Waals surface area contributed by atoms with Gasteiger partial charge in [0, 0.05) is 29.5 Å². The van der Waals surface area contributed by atoms with Crippen molar-refractivity contribution in [3.63, 3.8) is 0 Å². The quantitative estimate of drug-likeness (QED) is 0.850. The Morgan fingerprint density at radius 2 is 1.85 bits per heavy atom. The van der Waals surface area contributed by atoms with Gasteiger partial charge in [-0.1, -0.05) is 23.7 Å². The summed E-state index contributed by atoms with van der Waals surface area (Å²) < 4.78 is 0. The first-order valence-corrected chi connectivity index (χ1v) is 9.53. The molecule has 27 heavy (non-hydrogen) atoms. The standard InChI is InChI=1S/C20H23ClN6/c1-14-5-4-6-17(13-14)27-19(23-16-9-7-15(21)8-10-16)24-18(22)25-20(27)26-11-2-3-12-26/h4-10,13,19,23H,2-3,11-12H2,1H3,(H2,22,24). The lowest BCUT2D eigenvalue weighted by molar-refractivity contribution is 0.497. The molecule has 0 saturated carbocycles. The zero-order valence-electron chi connectivity index (χ0n) is 15.3. The van der Waals surface area contributed by atoms with Crippen molar-refractivity contribution in [1.82, 2.24) is 4.90 Å². The summed E-state index contributed by atoms with van der Waals surface area (Å²) >= 11 is 6.02. The van der Waals surface area contributed by atoms with Gasteiger partial charge in [0.15, 0.2) is 0 Å². The smallest absolute Gasteiger partial charge is 0.222 e. The molecule has 3 N–H and O–H groups in total. The highest BCUT2D eigenvalue weighted by atomic mass is 35.5. The van der Waals surface area contributed by atoms with Crippen LogP contribution in [-0.4, -0.2) is 36.2 Å². The van der Waals surface area contributed by atoms with E-state index in [0.717, 1.165) is 43.3 Å². The minimum absolute atomic E-state index is 0.285. The van der Waals surface area contributed by atoms with E-state index in [4.69, 9.17) is 17.3 Å². The van der Waals surface area contributed by atoms with E-state index >= 15 is 0 Å². The lowest BCUT2D eigenvalue weighted by Crippen LogP contribution is -2.54. The number of hydrogen-bond donors (Lipinski definition) is 2. The molecule has 2 aromatic carbocycles. The number of guanidine groups is 2. The van der Waals surface area contributed by atoms with Crippen LogP contribution in [0.25, 0.3) is 0 Å². The average Bonchev–Trinajstić information content (AvgIpc) is 3.18. The van der Waals surface area contributed by atoms with Crippen LogP contribution in [0.3, 0.4) is 0 Å². The van der Waals surface area contributed by atoms with Gasteiger partial charge >= 0.3 is 0 Å². The number of likely N-dealkylation sites (tertiary alicyclic amines) is 1. The van der Waals surface area contributed by atoms with Crippen LogP contribution in [0.1, 0.15) is 18.4 Å². The Kier molecular flexibility index (Phi) is 4.90. The van der Waals surface area contributed by atoms with E-state index in [1.54, 1.807) is 0 Å². The predicted octanol–water partition coefficient (Wildman–Crippen LogP) is 3.63. The van der Waals surface area contributed by atoms with E-state index in [-0.39, 0.29) is 12.2 Å².